The highest BCUT2D eigenvalue weighted by molar-refractivity contribution is 5.92. The number of hydrogen-bond donors (Lipinski definition) is 1. The van der Waals surface area contributed by atoms with Crippen molar-refractivity contribution in [2.45, 2.75) is 31.5 Å². The molecule has 1 atom stereocenters. The van der Waals surface area contributed by atoms with Gasteiger partial charge in [0.05, 0.1) is 0 Å². The van der Waals surface area contributed by atoms with E-state index in [2.05, 4.69) is 9.97 Å². The summed E-state index contributed by atoms with van der Waals surface area (Å²) in [6, 6.07) is 3.91. The fourth-order valence-electron chi connectivity index (χ4n) is 3.43. The lowest BCUT2D eigenvalue weighted by Crippen LogP contribution is -2.44. The van der Waals surface area contributed by atoms with E-state index >= 15 is 0 Å². The highest BCUT2D eigenvalue weighted by Gasteiger charge is 2.36. The maximum atomic E-state index is 13.8. The zero-order valence-corrected chi connectivity index (χ0v) is 15.3. The smallest absolute Gasteiger partial charge is 0.337 e. The largest absolute Gasteiger partial charge is 0.451 e. The summed E-state index contributed by atoms with van der Waals surface area (Å²) < 4.78 is 65.3. The fourth-order valence-corrected chi connectivity index (χ4v) is 3.43. The highest BCUT2D eigenvalue weighted by atomic mass is 19.4. The molecule has 0 spiro atoms. The molecule has 1 aliphatic rings. The number of nitrogens with zero attached hydrogens (tertiary/aromatic N) is 3. The number of piperidine rings is 1. The van der Waals surface area contributed by atoms with Crippen LogP contribution in [0.5, 0.6) is 0 Å². The maximum absolute atomic E-state index is 13.8. The number of carbonyl (C=O) groups excluding carboxylic acids is 1. The molecule has 1 aromatic carbocycles. The van der Waals surface area contributed by atoms with Crippen LogP contribution < -0.4 is 5.73 Å². The second-order valence-electron chi connectivity index (χ2n) is 7.00. The zero-order chi connectivity index (χ0) is 21.2. The first-order valence-electron chi connectivity index (χ1n) is 9.04. The summed E-state index contributed by atoms with van der Waals surface area (Å²) in [6.45, 7) is 0.572. The predicted molar refractivity (Wildman–Crippen MR) is 93.7 cm³/mol. The van der Waals surface area contributed by atoms with Crippen molar-refractivity contribution in [2.75, 3.05) is 13.1 Å². The van der Waals surface area contributed by atoms with Crippen LogP contribution in [0.1, 0.15) is 34.7 Å². The molecule has 1 saturated heterocycles. The van der Waals surface area contributed by atoms with Crippen LogP contribution in [0.3, 0.4) is 0 Å². The lowest BCUT2D eigenvalue weighted by Gasteiger charge is -2.34. The zero-order valence-electron chi connectivity index (χ0n) is 15.3. The van der Waals surface area contributed by atoms with Crippen LogP contribution in [0.25, 0.3) is 0 Å². The number of hydrogen-bond acceptors (Lipinski definition) is 4. The van der Waals surface area contributed by atoms with Crippen molar-refractivity contribution in [3.8, 4) is 0 Å². The minimum absolute atomic E-state index is 0.0298. The molecule has 3 rings (SSSR count). The number of nitrogens with two attached hydrogens (primary N) is 1. The first-order valence-corrected chi connectivity index (χ1v) is 9.04. The van der Waals surface area contributed by atoms with E-state index in [1.165, 1.54) is 4.90 Å². The topological polar surface area (TPSA) is 72.1 Å². The molecule has 156 valence electrons. The number of amides is 1. The van der Waals surface area contributed by atoms with Crippen molar-refractivity contribution >= 4 is 5.91 Å². The number of likely N-dealkylation sites (tertiary alicyclic amines) is 1. The summed E-state index contributed by atoms with van der Waals surface area (Å²) in [7, 11) is 0. The molecular weight excluding hydrogens is 395 g/mol. The monoisotopic (exact) mass is 414 g/mol. The Labute approximate surface area is 163 Å². The van der Waals surface area contributed by atoms with Crippen molar-refractivity contribution < 1.29 is 26.7 Å². The number of aromatic nitrogens is 2. The number of halogens is 5. The summed E-state index contributed by atoms with van der Waals surface area (Å²) >= 11 is 0. The van der Waals surface area contributed by atoms with Crippen molar-refractivity contribution in [2.24, 2.45) is 11.7 Å². The standard InChI is InChI=1S/C19H19F5N4O/c20-13-1-2-14(21)12(9-13)10-15(25)11-4-7-28(8-5-11)17(29)16-3-6-26-18(27-16)19(22,23)24/h1-3,6,9,11,15H,4-5,7-8,10,25H2. The molecule has 29 heavy (non-hydrogen) atoms. The summed E-state index contributed by atoms with van der Waals surface area (Å²) in [5.74, 6) is -3.08. The Morgan fingerprint density at radius 3 is 2.55 bits per heavy atom. The van der Waals surface area contributed by atoms with Gasteiger partial charge in [-0.15, -0.1) is 0 Å². The molecule has 0 saturated carbocycles. The number of benzene rings is 1. The third-order valence-corrected chi connectivity index (χ3v) is 5.02. The van der Waals surface area contributed by atoms with Gasteiger partial charge in [-0.25, -0.2) is 18.7 Å². The van der Waals surface area contributed by atoms with Crippen molar-refractivity contribution in [3.05, 3.63) is 59.2 Å². The molecule has 10 heteroatoms. The second-order valence-corrected chi connectivity index (χ2v) is 7.00. The maximum Gasteiger partial charge on any atom is 0.451 e. The Balaban J connectivity index is 1.60. The SMILES string of the molecule is NC(Cc1cc(F)ccc1F)C1CCN(C(=O)c2ccnc(C(F)(F)F)n2)CC1. The first kappa shape index (κ1) is 21.1. The van der Waals surface area contributed by atoms with Gasteiger partial charge in [0.25, 0.3) is 5.91 Å². The highest BCUT2D eigenvalue weighted by Crippen LogP contribution is 2.27. The molecule has 2 N–H and O–H groups in total. The van der Waals surface area contributed by atoms with Crippen LogP contribution in [0.2, 0.25) is 0 Å². The van der Waals surface area contributed by atoms with Gasteiger partial charge < -0.3 is 10.6 Å². The van der Waals surface area contributed by atoms with E-state index in [1.807, 2.05) is 0 Å². The molecule has 1 aromatic heterocycles. The Bertz CT molecular complexity index is 881. The molecule has 0 radical (unpaired) electrons. The Morgan fingerprint density at radius 2 is 1.90 bits per heavy atom. The van der Waals surface area contributed by atoms with E-state index in [-0.39, 0.29) is 36.7 Å². The molecule has 1 aliphatic heterocycles. The minimum atomic E-state index is -4.73. The summed E-state index contributed by atoms with van der Waals surface area (Å²) in [6.07, 6.45) is -2.67. The molecule has 1 fully saturated rings. The van der Waals surface area contributed by atoms with E-state index < -0.39 is 35.6 Å². The Kier molecular flexibility index (Phi) is 6.11. The normalized spacial score (nSPS) is 16.7. The summed E-state index contributed by atoms with van der Waals surface area (Å²) in [4.78, 5) is 20.3. The third-order valence-electron chi connectivity index (χ3n) is 5.02. The van der Waals surface area contributed by atoms with E-state index in [0.717, 1.165) is 30.5 Å². The van der Waals surface area contributed by atoms with Gasteiger partial charge in [-0.2, -0.15) is 13.2 Å². The van der Waals surface area contributed by atoms with Crippen LogP contribution >= 0.6 is 0 Å². The van der Waals surface area contributed by atoms with Gasteiger partial charge in [0.15, 0.2) is 0 Å². The van der Waals surface area contributed by atoms with Crippen molar-refractivity contribution in [3.63, 3.8) is 0 Å². The van der Waals surface area contributed by atoms with Gasteiger partial charge in [-0.05, 0) is 55.0 Å². The molecule has 2 heterocycles. The average Bonchev–Trinajstić information content (AvgIpc) is 2.69. The van der Waals surface area contributed by atoms with Crippen LogP contribution in [-0.2, 0) is 12.6 Å². The second kappa shape index (κ2) is 8.40. The van der Waals surface area contributed by atoms with Gasteiger partial charge in [0.2, 0.25) is 5.82 Å². The van der Waals surface area contributed by atoms with Crippen LogP contribution in [0, 0.1) is 17.6 Å². The summed E-state index contributed by atoms with van der Waals surface area (Å²) in [5.41, 5.74) is 6.03. The van der Waals surface area contributed by atoms with E-state index in [0.29, 0.717) is 12.8 Å². The van der Waals surface area contributed by atoms with Crippen LogP contribution in [0.4, 0.5) is 22.0 Å². The lowest BCUT2D eigenvalue weighted by molar-refractivity contribution is -0.145. The molecule has 5 nitrogen and oxygen atoms in total. The van der Waals surface area contributed by atoms with E-state index in [4.69, 9.17) is 5.73 Å². The molecule has 0 aliphatic carbocycles. The van der Waals surface area contributed by atoms with Gasteiger partial charge in [0, 0.05) is 25.3 Å². The number of rotatable bonds is 4. The van der Waals surface area contributed by atoms with Crippen molar-refractivity contribution in [1.82, 2.24) is 14.9 Å². The van der Waals surface area contributed by atoms with Crippen molar-refractivity contribution in [1.29, 1.82) is 0 Å². The molecular formula is C19H19F5N4O. The first-order chi connectivity index (χ1) is 13.6. The van der Waals surface area contributed by atoms with Gasteiger partial charge in [0.1, 0.15) is 17.3 Å². The van der Waals surface area contributed by atoms with E-state index in [1.54, 1.807) is 0 Å². The molecule has 0 bridgehead atoms. The number of carbonyl (C=O) groups is 1. The Hall–Kier alpha value is -2.62. The lowest BCUT2D eigenvalue weighted by atomic mass is 9.86. The number of alkyl halides is 3. The van der Waals surface area contributed by atoms with Gasteiger partial charge in [-0.3, -0.25) is 4.79 Å². The fraction of sp³-hybridized carbons (Fsp3) is 0.421. The Morgan fingerprint density at radius 1 is 1.21 bits per heavy atom. The molecule has 1 unspecified atom stereocenters. The van der Waals surface area contributed by atoms with E-state index in [9.17, 15) is 26.7 Å². The third kappa shape index (κ3) is 5.06. The average molecular weight is 414 g/mol. The van der Waals surface area contributed by atoms with Gasteiger partial charge in [-0.1, -0.05) is 0 Å². The van der Waals surface area contributed by atoms with Gasteiger partial charge >= 0.3 is 6.18 Å². The minimum Gasteiger partial charge on any atom is -0.337 e. The quantitative estimate of drug-likeness (QED) is 0.780. The van der Waals surface area contributed by atoms with Crippen LogP contribution in [0.15, 0.2) is 30.5 Å². The van der Waals surface area contributed by atoms with Crippen LogP contribution in [-0.4, -0.2) is 39.9 Å². The molecule has 2 aromatic rings. The predicted octanol–water partition coefficient (Wildman–Crippen LogP) is 3.20. The summed E-state index contributed by atoms with van der Waals surface area (Å²) in [5, 5.41) is 0. The molecule has 1 amide bonds.